The number of ether oxygens (including phenoxy) is 1. The minimum absolute atomic E-state index is 0.307. The summed E-state index contributed by atoms with van der Waals surface area (Å²) < 4.78 is 5.36. The molecule has 108 valence electrons. The van der Waals surface area contributed by atoms with E-state index < -0.39 is 17.9 Å². The summed E-state index contributed by atoms with van der Waals surface area (Å²) in [5, 5.41) is 11.6. The number of para-hydroxylation sites is 1. The minimum Gasteiger partial charge on any atom is -0.493 e. The molecule has 0 aromatic heterocycles. The zero-order valence-electron chi connectivity index (χ0n) is 11.5. The lowest BCUT2D eigenvalue weighted by Gasteiger charge is -2.15. The van der Waals surface area contributed by atoms with Gasteiger partial charge in [0.05, 0.1) is 12.2 Å². The number of benzene rings is 1. The van der Waals surface area contributed by atoms with E-state index in [1.807, 2.05) is 6.92 Å². The van der Waals surface area contributed by atoms with Gasteiger partial charge in [-0.1, -0.05) is 18.2 Å². The quantitative estimate of drug-likeness (QED) is 0.714. The first-order valence-electron chi connectivity index (χ1n) is 6.46. The summed E-state index contributed by atoms with van der Waals surface area (Å²) in [5.74, 6) is -1.07. The predicted molar refractivity (Wildman–Crippen MR) is 75.9 cm³/mol. The van der Waals surface area contributed by atoms with Crippen LogP contribution < -0.4 is 10.1 Å². The van der Waals surface area contributed by atoms with Gasteiger partial charge in [0.1, 0.15) is 11.8 Å². The number of aliphatic carboxylic acids is 1. The fraction of sp³-hybridized carbons (Fsp3) is 0.333. The molecule has 0 fully saturated rings. The van der Waals surface area contributed by atoms with Crippen LogP contribution in [0.1, 0.15) is 30.1 Å². The Morgan fingerprint density at radius 1 is 1.45 bits per heavy atom. The first kappa shape index (κ1) is 15.8. The van der Waals surface area contributed by atoms with E-state index in [9.17, 15) is 9.59 Å². The van der Waals surface area contributed by atoms with E-state index in [0.717, 1.165) is 0 Å². The van der Waals surface area contributed by atoms with E-state index >= 15 is 0 Å². The van der Waals surface area contributed by atoms with Crippen LogP contribution in [0, 0.1) is 0 Å². The largest absolute Gasteiger partial charge is 0.493 e. The van der Waals surface area contributed by atoms with Gasteiger partial charge < -0.3 is 15.2 Å². The fourth-order valence-electron chi connectivity index (χ4n) is 1.71. The number of carbonyl (C=O) groups is 2. The van der Waals surface area contributed by atoms with Crippen molar-refractivity contribution in [2.45, 2.75) is 25.8 Å². The fourth-order valence-corrected chi connectivity index (χ4v) is 1.71. The van der Waals surface area contributed by atoms with E-state index in [4.69, 9.17) is 9.84 Å². The van der Waals surface area contributed by atoms with Crippen molar-refractivity contribution in [1.29, 1.82) is 0 Å². The highest BCUT2D eigenvalue weighted by Gasteiger charge is 2.21. The molecule has 1 rings (SSSR count). The maximum absolute atomic E-state index is 12.1. The highest BCUT2D eigenvalue weighted by molar-refractivity contribution is 5.98. The molecule has 0 aliphatic heterocycles. The summed E-state index contributed by atoms with van der Waals surface area (Å²) in [6.45, 7) is 5.79. The Balaban J connectivity index is 2.83. The zero-order valence-corrected chi connectivity index (χ0v) is 11.5. The van der Waals surface area contributed by atoms with Crippen molar-refractivity contribution in [3.63, 3.8) is 0 Å². The van der Waals surface area contributed by atoms with Crippen molar-refractivity contribution in [3.8, 4) is 5.75 Å². The number of amides is 1. The zero-order chi connectivity index (χ0) is 15.0. The van der Waals surface area contributed by atoms with Gasteiger partial charge in [0.2, 0.25) is 0 Å². The van der Waals surface area contributed by atoms with Crippen LogP contribution in [0.2, 0.25) is 0 Å². The Labute approximate surface area is 118 Å². The molecule has 1 amide bonds. The number of hydrogen-bond donors (Lipinski definition) is 2. The number of allylic oxidation sites excluding steroid dienone is 1. The van der Waals surface area contributed by atoms with Crippen molar-refractivity contribution in [2.24, 2.45) is 0 Å². The first-order chi connectivity index (χ1) is 9.60. The molecule has 0 bridgehead atoms. The number of rotatable bonds is 8. The molecule has 1 unspecified atom stereocenters. The summed E-state index contributed by atoms with van der Waals surface area (Å²) in [7, 11) is 0. The molecule has 0 heterocycles. The molecule has 0 spiro atoms. The van der Waals surface area contributed by atoms with Crippen LogP contribution in [0.4, 0.5) is 0 Å². The normalized spacial score (nSPS) is 11.4. The molecule has 2 N–H and O–H groups in total. The Morgan fingerprint density at radius 2 is 2.15 bits per heavy atom. The lowest BCUT2D eigenvalue weighted by atomic mass is 10.1. The molecular formula is C15H19NO4. The van der Waals surface area contributed by atoms with Gasteiger partial charge in [0.25, 0.3) is 5.91 Å². The average molecular weight is 277 g/mol. The number of nitrogens with one attached hydrogen (secondary N) is 1. The Kier molecular flexibility index (Phi) is 6.29. The highest BCUT2D eigenvalue weighted by Crippen LogP contribution is 2.18. The van der Waals surface area contributed by atoms with Gasteiger partial charge in [-0.3, -0.25) is 4.79 Å². The molecule has 0 radical (unpaired) electrons. The van der Waals surface area contributed by atoms with E-state index in [2.05, 4.69) is 11.9 Å². The molecule has 5 heteroatoms. The van der Waals surface area contributed by atoms with Crippen molar-refractivity contribution in [1.82, 2.24) is 5.32 Å². The van der Waals surface area contributed by atoms with Gasteiger partial charge in [-0.15, -0.1) is 6.58 Å². The number of carboxylic acids is 1. The van der Waals surface area contributed by atoms with Gasteiger partial charge in [-0.05, 0) is 31.9 Å². The van der Waals surface area contributed by atoms with E-state index in [-0.39, 0.29) is 0 Å². The van der Waals surface area contributed by atoms with Crippen LogP contribution in [0.3, 0.4) is 0 Å². The molecule has 1 aromatic rings. The van der Waals surface area contributed by atoms with Crippen molar-refractivity contribution < 1.29 is 19.4 Å². The van der Waals surface area contributed by atoms with Gasteiger partial charge in [-0.25, -0.2) is 4.79 Å². The predicted octanol–water partition coefficient (Wildman–Crippen LogP) is 2.23. The average Bonchev–Trinajstić information content (AvgIpc) is 2.43. The third-order valence-corrected chi connectivity index (χ3v) is 2.69. The topological polar surface area (TPSA) is 75.6 Å². The SMILES string of the molecule is C=CCCC(NC(=O)c1ccccc1OCC)C(=O)O. The first-order valence-corrected chi connectivity index (χ1v) is 6.46. The Morgan fingerprint density at radius 3 is 2.75 bits per heavy atom. The van der Waals surface area contributed by atoms with Crippen molar-refractivity contribution in [2.75, 3.05) is 6.61 Å². The number of carboxylic acid groups (broad SMARTS) is 1. The van der Waals surface area contributed by atoms with Gasteiger partial charge in [-0.2, -0.15) is 0 Å². The van der Waals surface area contributed by atoms with Crippen LogP contribution in [-0.4, -0.2) is 29.6 Å². The summed E-state index contributed by atoms with van der Waals surface area (Å²) in [6.07, 6.45) is 2.45. The van der Waals surface area contributed by atoms with Gasteiger partial charge in [0.15, 0.2) is 0 Å². The molecule has 0 aliphatic rings. The molecule has 0 aliphatic carbocycles. The molecule has 20 heavy (non-hydrogen) atoms. The maximum atomic E-state index is 12.1. The van der Waals surface area contributed by atoms with Gasteiger partial charge in [0, 0.05) is 0 Å². The number of hydrogen-bond acceptors (Lipinski definition) is 3. The number of carbonyl (C=O) groups excluding carboxylic acids is 1. The maximum Gasteiger partial charge on any atom is 0.326 e. The van der Waals surface area contributed by atoms with E-state index in [1.165, 1.54) is 0 Å². The Bertz CT molecular complexity index is 485. The van der Waals surface area contributed by atoms with Crippen LogP contribution >= 0.6 is 0 Å². The standard InChI is InChI=1S/C15H19NO4/c1-3-5-9-12(15(18)19)16-14(17)11-8-6-7-10-13(11)20-4-2/h3,6-8,10,12H,1,4-5,9H2,2H3,(H,16,17)(H,18,19). The van der Waals surface area contributed by atoms with E-state index in [1.54, 1.807) is 30.3 Å². The summed E-state index contributed by atoms with van der Waals surface area (Å²) in [6, 6.07) is 5.81. The van der Waals surface area contributed by atoms with E-state index in [0.29, 0.717) is 30.8 Å². The third-order valence-electron chi connectivity index (χ3n) is 2.69. The second kappa shape index (κ2) is 7.99. The lowest BCUT2D eigenvalue weighted by molar-refractivity contribution is -0.139. The second-order valence-electron chi connectivity index (χ2n) is 4.16. The van der Waals surface area contributed by atoms with Crippen molar-refractivity contribution in [3.05, 3.63) is 42.5 Å². The molecule has 1 aromatic carbocycles. The van der Waals surface area contributed by atoms with Crippen LogP contribution in [0.15, 0.2) is 36.9 Å². The lowest BCUT2D eigenvalue weighted by Crippen LogP contribution is -2.40. The molecule has 5 nitrogen and oxygen atoms in total. The van der Waals surface area contributed by atoms with Crippen LogP contribution in [0.25, 0.3) is 0 Å². The monoisotopic (exact) mass is 277 g/mol. The third kappa shape index (κ3) is 4.42. The smallest absolute Gasteiger partial charge is 0.326 e. The summed E-state index contributed by atoms with van der Waals surface area (Å²) in [4.78, 5) is 23.2. The molecule has 0 saturated carbocycles. The second-order valence-corrected chi connectivity index (χ2v) is 4.16. The minimum atomic E-state index is -1.06. The summed E-state index contributed by atoms with van der Waals surface area (Å²) >= 11 is 0. The summed E-state index contributed by atoms with van der Waals surface area (Å²) in [5.41, 5.74) is 0.333. The molecular weight excluding hydrogens is 258 g/mol. The molecule has 1 atom stereocenters. The van der Waals surface area contributed by atoms with Crippen LogP contribution in [0.5, 0.6) is 5.75 Å². The van der Waals surface area contributed by atoms with Crippen molar-refractivity contribution >= 4 is 11.9 Å². The Hall–Kier alpha value is -2.30. The van der Waals surface area contributed by atoms with Gasteiger partial charge >= 0.3 is 5.97 Å². The van der Waals surface area contributed by atoms with Crippen LogP contribution in [-0.2, 0) is 4.79 Å². The highest BCUT2D eigenvalue weighted by atomic mass is 16.5. The molecule has 0 saturated heterocycles.